The summed E-state index contributed by atoms with van der Waals surface area (Å²) < 4.78 is 16.7. The third-order valence-electron chi connectivity index (χ3n) is 4.67. The van der Waals surface area contributed by atoms with Gasteiger partial charge in [-0.25, -0.2) is 9.59 Å². The number of nitrogens with one attached hydrogen (secondary N) is 1. The van der Waals surface area contributed by atoms with E-state index in [4.69, 9.17) is 13.9 Å². The summed E-state index contributed by atoms with van der Waals surface area (Å²) in [6, 6.07) is 6.07. The van der Waals surface area contributed by atoms with Crippen molar-refractivity contribution in [3.05, 3.63) is 47.4 Å². The molecule has 0 aliphatic rings. The molecular weight excluding hydrogens is 448 g/mol. The fraction of sp³-hybridized carbons (Fsp3) is 0.318. The minimum Gasteiger partial charge on any atom is -0.469 e. The number of esters is 2. The van der Waals surface area contributed by atoms with Gasteiger partial charge in [-0.05, 0) is 45.0 Å². The number of methoxy groups -OCH3 is 2. The molecular formula is C22H24N4O6S. The van der Waals surface area contributed by atoms with Crippen molar-refractivity contribution in [2.75, 3.05) is 25.3 Å². The van der Waals surface area contributed by atoms with E-state index < -0.39 is 11.9 Å². The Hall–Kier alpha value is -3.60. The molecule has 174 valence electrons. The number of aryl methyl sites for hydroxylation is 1. The Balaban J connectivity index is 1.77. The number of aromatic nitrogens is 3. The monoisotopic (exact) mass is 472 g/mol. The van der Waals surface area contributed by atoms with Gasteiger partial charge in [0.15, 0.2) is 11.0 Å². The molecule has 0 spiro atoms. The number of furan rings is 1. The fourth-order valence-corrected chi connectivity index (χ4v) is 4.01. The summed E-state index contributed by atoms with van der Waals surface area (Å²) in [7, 11) is 2.46. The van der Waals surface area contributed by atoms with Crippen LogP contribution in [0.1, 0.15) is 46.4 Å². The average molecular weight is 473 g/mol. The highest BCUT2D eigenvalue weighted by molar-refractivity contribution is 7.99. The number of amides is 1. The lowest BCUT2D eigenvalue weighted by atomic mass is 10.1. The van der Waals surface area contributed by atoms with Crippen LogP contribution in [0.15, 0.2) is 40.1 Å². The molecule has 0 saturated carbocycles. The molecule has 0 aliphatic carbocycles. The second-order valence-electron chi connectivity index (χ2n) is 7.28. The lowest BCUT2D eigenvalue weighted by molar-refractivity contribution is -0.113. The van der Waals surface area contributed by atoms with Crippen LogP contribution >= 0.6 is 11.8 Å². The molecule has 1 N–H and O–H groups in total. The summed E-state index contributed by atoms with van der Waals surface area (Å²) >= 11 is 1.22. The molecule has 0 saturated heterocycles. The van der Waals surface area contributed by atoms with Crippen molar-refractivity contribution >= 4 is 35.3 Å². The summed E-state index contributed by atoms with van der Waals surface area (Å²) in [5.74, 6) is -0.212. The van der Waals surface area contributed by atoms with Crippen molar-refractivity contribution < 1.29 is 28.3 Å². The van der Waals surface area contributed by atoms with Crippen molar-refractivity contribution in [3.63, 3.8) is 0 Å². The van der Waals surface area contributed by atoms with Gasteiger partial charge in [0.1, 0.15) is 5.76 Å². The van der Waals surface area contributed by atoms with Gasteiger partial charge in [-0.15, -0.1) is 10.2 Å². The topological polar surface area (TPSA) is 126 Å². The number of benzene rings is 1. The van der Waals surface area contributed by atoms with E-state index in [2.05, 4.69) is 15.5 Å². The summed E-state index contributed by atoms with van der Waals surface area (Å²) in [5, 5.41) is 11.8. The number of nitrogens with zero attached hydrogens (tertiary/aromatic N) is 3. The minimum absolute atomic E-state index is 0.0330. The second kappa shape index (κ2) is 10.3. The highest BCUT2D eigenvalue weighted by Gasteiger charge is 2.21. The van der Waals surface area contributed by atoms with E-state index in [0.717, 1.165) is 11.3 Å². The van der Waals surface area contributed by atoms with Crippen LogP contribution in [0.25, 0.3) is 11.4 Å². The Labute approximate surface area is 194 Å². The summed E-state index contributed by atoms with van der Waals surface area (Å²) in [6.45, 7) is 5.85. The quantitative estimate of drug-likeness (QED) is 0.385. The average Bonchev–Trinajstić information content (AvgIpc) is 3.41. The first-order chi connectivity index (χ1) is 15.7. The Bertz CT molecular complexity index is 1150. The zero-order chi connectivity index (χ0) is 24.1. The SMILES string of the molecule is COC(=O)c1cc(NC(=O)CSc2nnc(-c3ccoc3C)n2C(C)C)cc(C(=O)OC)c1. The summed E-state index contributed by atoms with van der Waals surface area (Å²) in [5.41, 5.74) is 1.33. The van der Waals surface area contributed by atoms with Gasteiger partial charge >= 0.3 is 11.9 Å². The number of rotatable bonds is 8. The van der Waals surface area contributed by atoms with E-state index >= 15 is 0 Å². The van der Waals surface area contributed by atoms with Gasteiger partial charge in [-0.1, -0.05) is 11.8 Å². The van der Waals surface area contributed by atoms with E-state index in [1.165, 1.54) is 44.2 Å². The predicted molar refractivity (Wildman–Crippen MR) is 121 cm³/mol. The van der Waals surface area contributed by atoms with Crippen LogP contribution in [0.4, 0.5) is 5.69 Å². The molecule has 33 heavy (non-hydrogen) atoms. The first kappa shape index (κ1) is 24.1. The van der Waals surface area contributed by atoms with E-state index in [-0.39, 0.29) is 34.5 Å². The fourth-order valence-electron chi connectivity index (χ4n) is 3.14. The molecule has 3 rings (SSSR count). The van der Waals surface area contributed by atoms with Gasteiger partial charge in [0, 0.05) is 11.7 Å². The van der Waals surface area contributed by atoms with E-state index in [1.54, 1.807) is 6.26 Å². The number of hydrogen-bond acceptors (Lipinski definition) is 9. The van der Waals surface area contributed by atoms with Crippen LogP contribution in [0.5, 0.6) is 0 Å². The third-order valence-corrected chi connectivity index (χ3v) is 5.62. The Kier molecular flexibility index (Phi) is 7.54. The first-order valence-corrected chi connectivity index (χ1v) is 11.0. The normalized spacial score (nSPS) is 10.8. The second-order valence-corrected chi connectivity index (χ2v) is 8.22. The van der Waals surface area contributed by atoms with Crippen LogP contribution in [0, 0.1) is 6.92 Å². The Morgan fingerprint density at radius 3 is 2.24 bits per heavy atom. The Morgan fingerprint density at radius 1 is 1.09 bits per heavy atom. The highest BCUT2D eigenvalue weighted by atomic mass is 32.2. The molecule has 0 fully saturated rings. The van der Waals surface area contributed by atoms with E-state index in [0.29, 0.717) is 11.0 Å². The Morgan fingerprint density at radius 2 is 1.73 bits per heavy atom. The standard InChI is InChI=1S/C22H24N4O6S/c1-12(2)26-19(17-6-7-32-13(17)3)24-25-22(26)33-11-18(27)23-16-9-14(20(28)30-4)8-15(10-16)21(29)31-5/h6-10,12H,11H2,1-5H3,(H,23,27). The minimum atomic E-state index is -0.641. The van der Waals surface area contributed by atoms with Crippen LogP contribution in [-0.4, -0.2) is 52.6 Å². The van der Waals surface area contributed by atoms with Gasteiger partial charge in [-0.2, -0.15) is 0 Å². The van der Waals surface area contributed by atoms with Crippen molar-refractivity contribution in [3.8, 4) is 11.4 Å². The van der Waals surface area contributed by atoms with Gasteiger partial charge in [0.2, 0.25) is 5.91 Å². The molecule has 0 radical (unpaired) electrons. The summed E-state index contributed by atoms with van der Waals surface area (Å²) in [4.78, 5) is 36.5. The maximum absolute atomic E-state index is 12.6. The van der Waals surface area contributed by atoms with E-state index in [9.17, 15) is 14.4 Å². The predicted octanol–water partition coefficient (Wildman–Crippen LogP) is 3.73. The number of carbonyl (C=O) groups excluding carboxylic acids is 3. The van der Waals surface area contributed by atoms with Gasteiger partial charge in [0.25, 0.3) is 0 Å². The van der Waals surface area contributed by atoms with Crippen molar-refractivity contribution in [2.24, 2.45) is 0 Å². The van der Waals surface area contributed by atoms with Crippen LogP contribution < -0.4 is 5.32 Å². The molecule has 0 atom stereocenters. The smallest absolute Gasteiger partial charge is 0.337 e. The number of hydrogen-bond donors (Lipinski definition) is 1. The molecule has 11 heteroatoms. The molecule has 1 amide bonds. The molecule has 2 aromatic heterocycles. The maximum atomic E-state index is 12.6. The van der Waals surface area contributed by atoms with Gasteiger partial charge in [-0.3, -0.25) is 9.36 Å². The molecule has 10 nitrogen and oxygen atoms in total. The van der Waals surface area contributed by atoms with E-state index in [1.807, 2.05) is 31.4 Å². The zero-order valence-corrected chi connectivity index (χ0v) is 19.7. The molecule has 0 aliphatic heterocycles. The van der Waals surface area contributed by atoms with Gasteiger partial charge in [0.05, 0.1) is 42.9 Å². The van der Waals surface area contributed by atoms with Crippen LogP contribution in [-0.2, 0) is 14.3 Å². The first-order valence-electron chi connectivity index (χ1n) is 9.98. The number of ether oxygens (including phenoxy) is 2. The number of thioether (sulfide) groups is 1. The third kappa shape index (κ3) is 5.43. The lowest BCUT2D eigenvalue weighted by Crippen LogP contribution is -2.16. The highest BCUT2D eigenvalue weighted by Crippen LogP contribution is 2.30. The number of carbonyl (C=O) groups is 3. The zero-order valence-electron chi connectivity index (χ0n) is 18.9. The van der Waals surface area contributed by atoms with Crippen molar-refractivity contribution in [1.29, 1.82) is 0 Å². The van der Waals surface area contributed by atoms with Gasteiger partial charge < -0.3 is 19.2 Å². The van der Waals surface area contributed by atoms with Crippen LogP contribution in [0.3, 0.4) is 0 Å². The molecule has 1 aromatic carbocycles. The lowest BCUT2D eigenvalue weighted by Gasteiger charge is -2.13. The largest absolute Gasteiger partial charge is 0.469 e. The van der Waals surface area contributed by atoms with Crippen molar-refractivity contribution in [1.82, 2.24) is 14.8 Å². The number of anilines is 1. The molecule has 0 bridgehead atoms. The molecule has 3 aromatic rings. The van der Waals surface area contributed by atoms with Crippen molar-refractivity contribution in [2.45, 2.75) is 32.0 Å². The summed E-state index contributed by atoms with van der Waals surface area (Å²) in [6.07, 6.45) is 1.59. The van der Waals surface area contributed by atoms with Crippen LogP contribution in [0.2, 0.25) is 0 Å². The molecule has 0 unspecified atom stereocenters. The molecule has 2 heterocycles. The maximum Gasteiger partial charge on any atom is 0.337 e.